The Morgan fingerprint density at radius 3 is 2.34 bits per heavy atom. The molecule has 2 saturated carbocycles. The van der Waals surface area contributed by atoms with Gasteiger partial charge in [0.2, 0.25) is 0 Å². The summed E-state index contributed by atoms with van der Waals surface area (Å²) in [6.45, 7) is 14.9. The van der Waals surface area contributed by atoms with Gasteiger partial charge in [-0.2, -0.15) is 0 Å². The number of carboxylic acids is 1. The van der Waals surface area contributed by atoms with Crippen LogP contribution in [0.2, 0.25) is 0 Å². The van der Waals surface area contributed by atoms with Crippen molar-refractivity contribution in [2.24, 2.45) is 45.5 Å². The van der Waals surface area contributed by atoms with Crippen molar-refractivity contribution in [1.29, 1.82) is 0 Å². The zero-order valence-corrected chi connectivity index (χ0v) is 24.0. The molecule has 6 N–H and O–H groups in total. The fourth-order valence-electron chi connectivity index (χ4n) is 10.3. The maximum Gasteiger partial charge on any atom is 0.320 e. The molecule has 8 nitrogen and oxygen atoms in total. The third-order valence-electron chi connectivity index (χ3n) is 12.8. The number of Topliss-reactive ketones (excluding diaryl/α,β-unsaturated/α-hetero) is 3. The van der Waals surface area contributed by atoms with Crippen LogP contribution in [0.15, 0.2) is 11.1 Å². The van der Waals surface area contributed by atoms with Crippen molar-refractivity contribution in [1.82, 2.24) is 5.32 Å². The smallest absolute Gasteiger partial charge is 0.320 e. The molecule has 0 aromatic heterocycles. The van der Waals surface area contributed by atoms with Crippen molar-refractivity contribution in [3.05, 3.63) is 11.1 Å². The first-order chi connectivity index (χ1) is 17.4. The predicted octanol–water partition coefficient (Wildman–Crippen LogP) is 2.91. The van der Waals surface area contributed by atoms with E-state index in [0.29, 0.717) is 19.3 Å². The SMILES string of the molecule is CC1C[C@@]23NC2(C)C(=O)CC[C@]3(C)C2=C1[C@]1(N)[C@@H](C)C[C@](C)(C(C)CC(=O)C[C@@H](N)C(=O)O)[C@@]1(C)CC2=O. The first-order valence-electron chi connectivity index (χ1n) is 14.3. The van der Waals surface area contributed by atoms with E-state index in [-0.39, 0.29) is 47.9 Å². The molecule has 4 aliphatic carbocycles. The summed E-state index contributed by atoms with van der Waals surface area (Å²) in [7, 11) is 0. The molecule has 5 rings (SSSR count). The largest absolute Gasteiger partial charge is 0.480 e. The van der Waals surface area contributed by atoms with Gasteiger partial charge in [-0.3, -0.25) is 24.5 Å². The summed E-state index contributed by atoms with van der Waals surface area (Å²) in [5.41, 5.74) is 12.1. The second-order valence-corrected chi connectivity index (χ2v) is 14.4. The molecule has 3 unspecified atom stereocenters. The maximum absolute atomic E-state index is 14.4. The van der Waals surface area contributed by atoms with Gasteiger partial charge in [-0.25, -0.2) is 0 Å². The van der Waals surface area contributed by atoms with E-state index in [9.17, 15) is 19.2 Å². The summed E-state index contributed by atoms with van der Waals surface area (Å²) < 4.78 is 0. The van der Waals surface area contributed by atoms with Crippen LogP contribution in [0.3, 0.4) is 0 Å². The molecule has 5 aliphatic rings. The van der Waals surface area contributed by atoms with Gasteiger partial charge in [0.15, 0.2) is 11.6 Å². The van der Waals surface area contributed by atoms with E-state index in [1.165, 1.54) is 0 Å². The molecule has 210 valence electrons. The van der Waals surface area contributed by atoms with Crippen LogP contribution in [0.1, 0.15) is 93.4 Å². The topological polar surface area (TPSA) is 162 Å². The molecule has 0 aromatic rings. The van der Waals surface area contributed by atoms with Crippen LogP contribution < -0.4 is 16.8 Å². The molecule has 1 spiro atoms. The van der Waals surface area contributed by atoms with Crippen LogP contribution in [-0.4, -0.2) is 51.1 Å². The van der Waals surface area contributed by atoms with Crippen molar-refractivity contribution < 1.29 is 24.3 Å². The summed E-state index contributed by atoms with van der Waals surface area (Å²) in [6.07, 6.45) is 2.96. The lowest BCUT2D eigenvalue weighted by atomic mass is 9.43. The van der Waals surface area contributed by atoms with Crippen molar-refractivity contribution in [2.45, 2.75) is 116 Å². The quantitative estimate of drug-likeness (QED) is 0.383. The fraction of sp³-hybridized carbons (Fsp3) is 0.800. The van der Waals surface area contributed by atoms with E-state index in [0.717, 1.165) is 24.0 Å². The first kappa shape index (κ1) is 27.7. The zero-order valence-electron chi connectivity index (χ0n) is 24.0. The van der Waals surface area contributed by atoms with Gasteiger partial charge < -0.3 is 16.6 Å². The van der Waals surface area contributed by atoms with Crippen LogP contribution in [-0.2, 0) is 19.2 Å². The highest BCUT2D eigenvalue weighted by atomic mass is 16.4. The van der Waals surface area contributed by atoms with Crippen LogP contribution >= 0.6 is 0 Å². The molecular weight excluding hydrogens is 482 g/mol. The van der Waals surface area contributed by atoms with E-state index in [4.69, 9.17) is 16.6 Å². The Labute approximate surface area is 225 Å². The average Bonchev–Trinajstić information content (AvgIpc) is 3.40. The Morgan fingerprint density at radius 1 is 1.11 bits per heavy atom. The van der Waals surface area contributed by atoms with Crippen molar-refractivity contribution in [2.75, 3.05) is 0 Å². The van der Waals surface area contributed by atoms with Gasteiger partial charge in [0.1, 0.15) is 11.8 Å². The van der Waals surface area contributed by atoms with Crippen LogP contribution in [0.25, 0.3) is 0 Å². The number of fused-ring (bicyclic) bond motifs is 3. The molecule has 10 atom stereocenters. The molecule has 1 saturated heterocycles. The number of ketones is 3. The number of nitrogens with two attached hydrogens (primary N) is 2. The highest BCUT2D eigenvalue weighted by Crippen LogP contribution is 2.75. The zero-order chi connectivity index (χ0) is 28.4. The Morgan fingerprint density at radius 2 is 1.74 bits per heavy atom. The highest BCUT2D eigenvalue weighted by Gasteiger charge is 2.82. The van der Waals surface area contributed by atoms with Gasteiger partial charge in [0, 0.05) is 47.6 Å². The molecule has 1 aliphatic heterocycles. The number of carboxylic acid groups (broad SMARTS) is 1. The van der Waals surface area contributed by atoms with E-state index < -0.39 is 44.9 Å². The maximum atomic E-state index is 14.4. The van der Waals surface area contributed by atoms with Crippen molar-refractivity contribution in [3.8, 4) is 0 Å². The van der Waals surface area contributed by atoms with Gasteiger partial charge in [-0.05, 0) is 54.9 Å². The molecular formula is C30H45N3O5. The molecule has 1 heterocycles. The minimum absolute atomic E-state index is 0.0437. The number of rotatable bonds is 6. The Hall–Kier alpha value is -1.90. The minimum Gasteiger partial charge on any atom is -0.480 e. The lowest BCUT2D eigenvalue weighted by Gasteiger charge is -2.61. The van der Waals surface area contributed by atoms with Gasteiger partial charge in [-0.1, -0.05) is 41.5 Å². The van der Waals surface area contributed by atoms with Crippen LogP contribution in [0.4, 0.5) is 0 Å². The second kappa shape index (κ2) is 7.85. The second-order valence-electron chi connectivity index (χ2n) is 14.4. The number of carbonyl (C=O) groups excluding carboxylic acids is 3. The third kappa shape index (κ3) is 2.92. The molecule has 0 amide bonds. The van der Waals surface area contributed by atoms with E-state index in [1.54, 1.807) is 0 Å². The Kier molecular flexibility index (Phi) is 5.71. The van der Waals surface area contributed by atoms with Crippen LogP contribution in [0, 0.1) is 34.0 Å². The summed E-state index contributed by atoms with van der Waals surface area (Å²) in [4.78, 5) is 51.3. The predicted molar refractivity (Wildman–Crippen MR) is 143 cm³/mol. The van der Waals surface area contributed by atoms with Gasteiger partial charge >= 0.3 is 5.97 Å². The molecule has 38 heavy (non-hydrogen) atoms. The lowest BCUT2D eigenvalue weighted by Crippen LogP contribution is -2.68. The van der Waals surface area contributed by atoms with Gasteiger partial charge in [0.05, 0.1) is 11.1 Å². The van der Waals surface area contributed by atoms with Crippen LogP contribution in [0.5, 0.6) is 0 Å². The number of hydrogen-bond donors (Lipinski definition) is 4. The van der Waals surface area contributed by atoms with Crippen molar-refractivity contribution >= 4 is 23.3 Å². The fourth-order valence-corrected chi connectivity index (χ4v) is 10.3. The number of aliphatic carboxylic acids is 1. The molecule has 0 bridgehead atoms. The number of hydrogen-bond acceptors (Lipinski definition) is 7. The molecule has 0 aromatic carbocycles. The normalized spacial score (nSPS) is 49.0. The summed E-state index contributed by atoms with van der Waals surface area (Å²) in [5.74, 6) is -0.960. The standard InChI is InChI=1S/C30H45N3O5/c1-15-12-29-25(4,9-8-21(36)28(29,7)33-29)23-20(35)14-27(6)26(5,13-17(3)30(27,32)22(15)23)16(2)10-18(34)11-19(31)24(37)38/h15-17,19,33H,8-14,31-32H2,1-7H3,(H,37,38)/t15?,16?,17-,19+,25+,26+,27+,28?,29-,30+/m0/s1. The Bertz CT molecular complexity index is 1200. The van der Waals surface area contributed by atoms with Gasteiger partial charge in [-0.15, -0.1) is 0 Å². The lowest BCUT2D eigenvalue weighted by molar-refractivity contribution is -0.140. The van der Waals surface area contributed by atoms with Crippen molar-refractivity contribution in [3.63, 3.8) is 0 Å². The first-order valence-corrected chi connectivity index (χ1v) is 14.3. The number of carbonyl (C=O) groups is 4. The molecule has 8 heteroatoms. The average molecular weight is 528 g/mol. The van der Waals surface area contributed by atoms with E-state index >= 15 is 0 Å². The third-order valence-corrected chi connectivity index (χ3v) is 12.8. The summed E-state index contributed by atoms with van der Waals surface area (Å²) >= 11 is 0. The highest BCUT2D eigenvalue weighted by molar-refractivity contribution is 6.04. The summed E-state index contributed by atoms with van der Waals surface area (Å²) in [5, 5.41) is 12.8. The minimum atomic E-state index is -1.21. The van der Waals surface area contributed by atoms with E-state index in [2.05, 4.69) is 39.9 Å². The number of nitrogens with one attached hydrogen (secondary N) is 1. The van der Waals surface area contributed by atoms with E-state index in [1.807, 2.05) is 13.8 Å². The monoisotopic (exact) mass is 527 g/mol. The van der Waals surface area contributed by atoms with Gasteiger partial charge in [0.25, 0.3) is 0 Å². The Balaban J connectivity index is 1.57. The molecule has 0 radical (unpaired) electrons. The molecule has 3 fully saturated rings. The summed E-state index contributed by atoms with van der Waals surface area (Å²) in [6, 6.07) is -1.21.